The first-order chi connectivity index (χ1) is 12.5. The molecule has 4 nitrogen and oxygen atoms in total. The third-order valence-electron chi connectivity index (χ3n) is 3.86. The first kappa shape index (κ1) is 19.9. The smallest absolute Gasteiger partial charge is 0.138 e. The van der Waals surface area contributed by atoms with Crippen molar-refractivity contribution in [2.24, 2.45) is 10.8 Å². The zero-order valence-electron chi connectivity index (χ0n) is 15.6. The molecule has 0 saturated carbocycles. The van der Waals surface area contributed by atoms with Gasteiger partial charge in [0, 0.05) is 5.02 Å². The molecule has 0 bridgehead atoms. The molecule has 0 aromatic heterocycles. The van der Waals surface area contributed by atoms with Crippen LogP contribution in [0.5, 0.6) is 0 Å². The number of hydrogen-bond acceptors (Lipinski definition) is 4. The van der Waals surface area contributed by atoms with Crippen molar-refractivity contribution in [1.29, 1.82) is 0 Å². The highest BCUT2D eigenvalue weighted by Crippen LogP contribution is 2.28. The largest absolute Gasteiger partial charge is 0.492 e. The van der Waals surface area contributed by atoms with Gasteiger partial charge in [-0.2, -0.15) is 5.10 Å². The minimum Gasteiger partial charge on any atom is -0.492 e. The monoisotopic (exact) mass is 371 g/mol. The Kier molecular flexibility index (Phi) is 7.10. The summed E-state index contributed by atoms with van der Waals surface area (Å²) < 4.78 is 5.64. The van der Waals surface area contributed by atoms with Gasteiger partial charge < -0.3 is 10.5 Å². The second-order valence-corrected chi connectivity index (χ2v) is 6.16. The molecule has 1 aromatic carbocycles. The van der Waals surface area contributed by atoms with Gasteiger partial charge in [0.25, 0.3) is 0 Å². The summed E-state index contributed by atoms with van der Waals surface area (Å²) in [7, 11) is 0. The standard InChI is InChI=1S/C19H20ClN3O.C2H6/c1-13-11-16(15-6-8-17(20)9-7-15)12-19(21)23(13)22-14(2)18-5-3-4-10-24-18;1-2/h5-9,11-12H,1,3-4,10,21H2,2H3;1-2H3/b22-14+;. The number of hydrazone groups is 1. The maximum atomic E-state index is 6.20. The van der Waals surface area contributed by atoms with Crippen LogP contribution in [0.1, 0.15) is 39.2 Å². The minimum atomic E-state index is 0.517. The molecule has 3 rings (SSSR count). The summed E-state index contributed by atoms with van der Waals surface area (Å²) in [5.41, 5.74) is 9.70. The van der Waals surface area contributed by atoms with Crippen LogP contribution in [-0.4, -0.2) is 17.3 Å². The quantitative estimate of drug-likeness (QED) is 0.719. The molecule has 0 unspecified atom stereocenters. The van der Waals surface area contributed by atoms with E-state index in [1.54, 1.807) is 5.01 Å². The molecule has 2 N–H and O–H groups in total. The van der Waals surface area contributed by atoms with Gasteiger partial charge in [-0.15, -0.1) is 0 Å². The molecule has 138 valence electrons. The van der Waals surface area contributed by atoms with Gasteiger partial charge in [-0.1, -0.05) is 44.2 Å². The maximum Gasteiger partial charge on any atom is 0.138 e. The zero-order chi connectivity index (χ0) is 19.1. The van der Waals surface area contributed by atoms with Crippen molar-refractivity contribution in [3.63, 3.8) is 0 Å². The molecule has 1 aromatic rings. The van der Waals surface area contributed by atoms with Crippen molar-refractivity contribution >= 4 is 22.9 Å². The van der Waals surface area contributed by atoms with E-state index in [-0.39, 0.29) is 0 Å². The molecule has 26 heavy (non-hydrogen) atoms. The van der Waals surface area contributed by atoms with E-state index in [1.807, 2.05) is 57.2 Å². The Morgan fingerprint density at radius 1 is 1.23 bits per heavy atom. The van der Waals surface area contributed by atoms with Crippen LogP contribution in [-0.2, 0) is 4.74 Å². The van der Waals surface area contributed by atoms with Crippen LogP contribution >= 0.6 is 11.6 Å². The van der Waals surface area contributed by atoms with Gasteiger partial charge in [0.2, 0.25) is 0 Å². The molecule has 0 saturated heterocycles. The highest BCUT2D eigenvalue weighted by atomic mass is 35.5. The van der Waals surface area contributed by atoms with Crippen LogP contribution in [0.3, 0.4) is 0 Å². The zero-order valence-corrected chi connectivity index (χ0v) is 16.4. The fourth-order valence-corrected chi connectivity index (χ4v) is 2.73. The predicted molar refractivity (Wildman–Crippen MR) is 110 cm³/mol. The highest BCUT2D eigenvalue weighted by Gasteiger charge is 2.17. The Morgan fingerprint density at radius 3 is 2.50 bits per heavy atom. The molecule has 0 aliphatic carbocycles. The van der Waals surface area contributed by atoms with E-state index < -0.39 is 0 Å². The Balaban J connectivity index is 0.00000117. The molecule has 2 aliphatic rings. The molecule has 0 amide bonds. The van der Waals surface area contributed by atoms with Crippen LogP contribution in [0.2, 0.25) is 5.02 Å². The van der Waals surface area contributed by atoms with Crippen LogP contribution in [0, 0.1) is 0 Å². The molecule has 0 spiro atoms. The van der Waals surface area contributed by atoms with Crippen LogP contribution in [0.4, 0.5) is 0 Å². The summed E-state index contributed by atoms with van der Waals surface area (Å²) in [6, 6.07) is 7.62. The predicted octanol–water partition coefficient (Wildman–Crippen LogP) is 5.45. The van der Waals surface area contributed by atoms with Gasteiger partial charge in [-0.3, -0.25) is 0 Å². The molecular weight excluding hydrogens is 346 g/mol. The van der Waals surface area contributed by atoms with Gasteiger partial charge in [-0.25, -0.2) is 5.01 Å². The molecule has 5 heteroatoms. The van der Waals surface area contributed by atoms with E-state index in [0.717, 1.165) is 42.1 Å². The van der Waals surface area contributed by atoms with Gasteiger partial charge in [0.05, 0.1) is 18.0 Å². The highest BCUT2D eigenvalue weighted by molar-refractivity contribution is 6.30. The number of rotatable bonds is 3. The summed E-state index contributed by atoms with van der Waals surface area (Å²) in [4.78, 5) is 0. The second-order valence-electron chi connectivity index (χ2n) is 5.72. The van der Waals surface area contributed by atoms with E-state index in [4.69, 9.17) is 22.1 Å². The fourth-order valence-electron chi connectivity index (χ4n) is 2.61. The molecular formula is C21H26ClN3O. The summed E-state index contributed by atoms with van der Waals surface area (Å²) in [5.74, 6) is 1.33. The lowest BCUT2D eigenvalue weighted by atomic mass is 10.0. The van der Waals surface area contributed by atoms with E-state index in [1.165, 1.54) is 0 Å². The Morgan fingerprint density at radius 2 is 1.92 bits per heavy atom. The van der Waals surface area contributed by atoms with Crippen molar-refractivity contribution in [3.8, 4) is 0 Å². The molecule has 0 fully saturated rings. The summed E-state index contributed by atoms with van der Waals surface area (Å²) >= 11 is 5.94. The lowest BCUT2D eigenvalue weighted by Gasteiger charge is -2.26. The van der Waals surface area contributed by atoms with E-state index in [9.17, 15) is 0 Å². The molecule has 0 atom stereocenters. The normalized spacial score (nSPS) is 17.4. The Labute approximate surface area is 161 Å². The summed E-state index contributed by atoms with van der Waals surface area (Å²) in [6.45, 7) is 10.7. The number of hydrogen-bond donors (Lipinski definition) is 1. The third kappa shape index (κ3) is 4.79. The Bertz CT molecular complexity index is 773. The van der Waals surface area contributed by atoms with Gasteiger partial charge in [-0.05, 0) is 61.3 Å². The van der Waals surface area contributed by atoms with Crippen LogP contribution in [0.15, 0.2) is 71.5 Å². The van der Waals surface area contributed by atoms with E-state index in [0.29, 0.717) is 16.5 Å². The van der Waals surface area contributed by atoms with Gasteiger partial charge >= 0.3 is 0 Å². The van der Waals surface area contributed by atoms with Crippen molar-refractivity contribution < 1.29 is 4.74 Å². The molecule has 2 heterocycles. The lowest BCUT2D eigenvalue weighted by Crippen LogP contribution is -2.25. The van der Waals surface area contributed by atoms with Crippen LogP contribution < -0.4 is 5.73 Å². The molecule has 0 radical (unpaired) electrons. The summed E-state index contributed by atoms with van der Waals surface area (Å²) in [5, 5.41) is 6.90. The fraction of sp³-hybridized carbons (Fsp3) is 0.286. The van der Waals surface area contributed by atoms with E-state index >= 15 is 0 Å². The first-order valence-electron chi connectivity index (χ1n) is 8.87. The second kappa shape index (κ2) is 9.30. The number of ether oxygens (including phenoxy) is 1. The summed E-state index contributed by atoms with van der Waals surface area (Å²) in [6.07, 6.45) is 7.94. The van der Waals surface area contributed by atoms with Crippen molar-refractivity contribution in [3.05, 3.63) is 76.9 Å². The number of benzene rings is 1. The van der Waals surface area contributed by atoms with Gasteiger partial charge in [0.15, 0.2) is 0 Å². The SMILES string of the molecule is C=C1C=C(c2ccc(Cl)cc2)C=C(N)N1/N=C(\C)C1=CCCCO1.CC. The van der Waals surface area contributed by atoms with Crippen molar-refractivity contribution in [2.75, 3.05) is 6.61 Å². The average Bonchev–Trinajstić information content (AvgIpc) is 2.67. The topological polar surface area (TPSA) is 50.8 Å². The first-order valence-corrected chi connectivity index (χ1v) is 9.25. The number of nitrogens with zero attached hydrogens (tertiary/aromatic N) is 2. The Hall–Kier alpha value is -2.46. The van der Waals surface area contributed by atoms with Crippen LogP contribution in [0.25, 0.3) is 5.57 Å². The average molecular weight is 372 g/mol. The minimum absolute atomic E-state index is 0.517. The molecule has 2 aliphatic heterocycles. The number of halogens is 1. The number of allylic oxidation sites excluding steroid dienone is 5. The lowest BCUT2D eigenvalue weighted by molar-refractivity contribution is 0.211. The van der Waals surface area contributed by atoms with Crippen molar-refractivity contribution in [1.82, 2.24) is 5.01 Å². The van der Waals surface area contributed by atoms with Crippen molar-refractivity contribution in [2.45, 2.75) is 33.6 Å². The van der Waals surface area contributed by atoms with Gasteiger partial charge in [0.1, 0.15) is 11.6 Å². The maximum absolute atomic E-state index is 6.20. The third-order valence-corrected chi connectivity index (χ3v) is 4.11. The van der Waals surface area contributed by atoms with E-state index in [2.05, 4.69) is 17.8 Å². The number of nitrogens with two attached hydrogens (primary N) is 1.